The molecule has 1 unspecified atom stereocenters. The Balaban J connectivity index is 1.28. The highest BCUT2D eigenvalue weighted by molar-refractivity contribution is 6.00. The Morgan fingerprint density at radius 3 is 2.18 bits per heavy atom. The second-order valence-electron chi connectivity index (χ2n) is 17.6. The maximum Gasteiger partial charge on any atom is 0.338 e. The van der Waals surface area contributed by atoms with Crippen molar-refractivity contribution in [2.45, 2.75) is 119 Å². The number of epoxide rings is 1. The fraction of sp³-hybridized carbons (Fsp3) is 0.614. The molecular weight excluding hydrogens is 720 g/mol. The van der Waals surface area contributed by atoms with Gasteiger partial charge in [-0.15, -0.1) is 0 Å². The van der Waals surface area contributed by atoms with E-state index in [2.05, 4.69) is 13.5 Å². The number of Topliss-reactive ketones (excluding diaryl/α,β-unsaturated/α-hetero) is 1. The molecule has 3 aliphatic carbocycles. The number of hydrogen-bond donors (Lipinski definition) is 3. The summed E-state index contributed by atoms with van der Waals surface area (Å²) < 4.78 is 40.1. The van der Waals surface area contributed by atoms with Gasteiger partial charge in [-0.25, -0.2) is 9.59 Å². The largest absolute Gasteiger partial charge is 0.462 e. The van der Waals surface area contributed by atoms with Crippen LogP contribution in [0.25, 0.3) is 0 Å². The highest BCUT2D eigenvalue weighted by Gasteiger charge is 2.91. The van der Waals surface area contributed by atoms with Crippen molar-refractivity contribution in [2.75, 3.05) is 13.2 Å². The van der Waals surface area contributed by atoms with Crippen molar-refractivity contribution in [3.8, 4) is 0 Å². The van der Waals surface area contributed by atoms with Crippen LogP contribution in [0, 0.1) is 35.5 Å². The Morgan fingerprint density at radius 2 is 1.54 bits per heavy atom. The fourth-order valence-corrected chi connectivity index (χ4v) is 12.2. The van der Waals surface area contributed by atoms with Gasteiger partial charge >= 0.3 is 17.9 Å². The third-order valence-corrected chi connectivity index (χ3v) is 14.7. The first-order valence-electron chi connectivity index (χ1n) is 20.3. The summed E-state index contributed by atoms with van der Waals surface area (Å²) in [5.74, 6) is -8.15. The highest BCUT2D eigenvalue weighted by Crippen LogP contribution is 2.75. The van der Waals surface area contributed by atoms with Gasteiger partial charge in [0.15, 0.2) is 11.2 Å². The molecule has 0 amide bonds. The van der Waals surface area contributed by atoms with Gasteiger partial charge in [0.05, 0.1) is 29.9 Å². The smallest absolute Gasteiger partial charge is 0.338 e. The van der Waals surface area contributed by atoms with Crippen molar-refractivity contribution in [1.29, 1.82) is 0 Å². The van der Waals surface area contributed by atoms with Crippen molar-refractivity contribution in [2.24, 2.45) is 35.5 Å². The molecule has 3 bridgehead atoms. The second kappa shape index (κ2) is 13.3. The van der Waals surface area contributed by atoms with Gasteiger partial charge < -0.3 is 43.7 Å². The third kappa shape index (κ3) is 5.05. The summed E-state index contributed by atoms with van der Waals surface area (Å²) in [6.45, 7) is 9.19. The van der Waals surface area contributed by atoms with E-state index in [-0.39, 0.29) is 30.9 Å². The Labute approximate surface area is 326 Å². The van der Waals surface area contributed by atoms with Crippen molar-refractivity contribution >= 4 is 17.7 Å². The predicted octanol–water partition coefficient (Wildman–Crippen LogP) is 4.54. The number of aliphatic hydroxyl groups is 3. The monoisotopic (exact) mass is 772 g/mol. The molecule has 56 heavy (non-hydrogen) atoms. The molecule has 15 atom stereocenters. The Hall–Kier alpha value is -3.49. The van der Waals surface area contributed by atoms with Gasteiger partial charge in [0.1, 0.15) is 30.0 Å². The van der Waals surface area contributed by atoms with Gasteiger partial charge in [0.2, 0.25) is 5.78 Å². The van der Waals surface area contributed by atoms with E-state index in [1.54, 1.807) is 60.7 Å². The van der Waals surface area contributed by atoms with Crippen LogP contribution < -0.4 is 0 Å². The first-order chi connectivity index (χ1) is 26.8. The first kappa shape index (κ1) is 38.1. The number of carbonyl (C=O) groups excluding carboxylic acids is 3. The van der Waals surface area contributed by atoms with E-state index in [1.165, 1.54) is 0 Å². The van der Waals surface area contributed by atoms with Gasteiger partial charge in [-0.05, 0) is 61.4 Å². The molecular formula is C44H52O12. The molecule has 3 N–H and O–H groups in total. The number of hydrogen-bond acceptors (Lipinski definition) is 12. The fourth-order valence-electron chi connectivity index (χ4n) is 12.2. The lowest BCUT2D eigenvalue weighted by molar-refractivity contribution is -0.458. The normalized spacial score (nSPS) is 46.0. The van der Waals surface area contributed by atoms with Gasteiger partial charge in [0, 0.05) is 23.7 Å². The molecule has 12 nitrogen and oxygen atoms in total. The van der Waals surface area contributed by atoms with Crippen molar-refractivity contribution in [1.82, 2.24) is 0 Å². The number of ketones is 1. The maximum atomic E-state index is 15.5. The van der Waals surface area contributed by atoms with E-state index in [9.17, 15) is 24.9 Å². The van der Waals surface area contributed by atoms with E-state index < -0.39 is 107 Å². The van der Waals surface area contributed by atoms with Crippen LogP contribution in [0.2, 0.25) is 0 Å². The molecule has 3 saturated carbocycles. The van der Waals surface area contributed by atoms with E-state index in [1.807, 2.05) is 13.8 Å². The van der Waals surface area contributed by atoms with Crippen molar-refractivity contribution < 1.29 is 58.1 Å². The summed E-state index contributed by atoms with van der Waals surface area (Å²) in [7, 11) is 0. The van der Waals surface area contributed by atoms with E-state index >= 15 is 4.79 Å². The molecule has 4 aliphatic heterocycles. The average molecular weight is 773 g/mol. The van der Waals surface area contributed by atoms with Gasteiger partial charge in [-0.1, -0.05) is 88.9 Å². The van der Waals surface area contributed by atoms with Crippen LogP contribution in [0.1, 0.15) is 86.4 Å². The van der Waals surface area contributed by atoms with Crippen molar-refractivity contribution in [3.63, 3.8) is 0 Å². The number of ether oxygens (including phenoxy) is 6. The molecule has 7 fully saturated rings. The highest BCUT2D eigenvalue weighted by atomic mass is 16.9. The summed E-state index contributed by atoms with van der Waals surface area (Å²) >= 11 is 0. The van der Waals surface area contributed by atoms with Crippen LogP contribution in [0.3, 0.4) is 0 Å². The van der Waals surface area contributed by atoms with Gasteiger partial charge in [-0.2, -0.15) is 0 Å². The number of rotatable bonds is 7. The zero-order valence-electron chi connectivity index (χ0n) is 32.1. The van der Waals surface area contributed by atoms with Gasteiger partial charge in [-0.3, -0.25) is 4.79 Å². The Bertz CT molecular complexity index is 1910. The topological polar surface area (TPSA) is 171 Å². The molecule has 300 valence electrons. The van der Waals surface area contributed by atoms with Crippen LogP contribution in [-0.4, -0.2) is 99.0 Å². The Kier molecular flexibility index (Phi) is 9.02. The molecule has 0 aromatic heterocycles. The molecule has 2 aromatic carbocycles. The zero-order chi connectivity index (χ0) is 39.4. The molecule has 7 aliphatic rings. The second-order valence-corrected chi connectivity index (χ2v) is 17.6. The predicted molar refractivity (Wildman–Crippen MR) is 198 cm³/mol. The van der Waals surface area contributed by atoms with E-state index in [4.69, 9.17) is 28.4 Å². The summed E-state index contributed by atoms with van der Waals surface area (Å²) in [6.07, 6.45) is -0.166. The van der Waals surface area contributed by atoms with E-state index in [0.29, 0.717) is 17.6 Å². The number of aliphatic hydroxyl groups excluding tert-OH is 2. The van der Waals surface area contributed by atoms with Crippen LogP contribution in [-0.2, 0) is 33.2 Å². The number of fused-ring (bicyclic) bond motifs is 1. The lowest BCUT2D eigenvalue weighted by atomic mass is 9.51. The summed E-state index contributed by atoms with van der Waals surface area (Å²) in [4.78, 5) is 43.1. The number of benzene rings is 2. The molecule has 2 spiro atoms. The number of esters is 2. The lowest BCUT2D eigenvalue weighted by Gasteiger charge is -2.61. The zero-order valence-corrected chi connectivity index (χ0v) is 32.1. The van der Waals surface area contributed by atoms with Crippen molar-refractivity contribution in [3.05, 3.63) is 83.9 Å². The molecule has 4 heterocycles. The van der Waals surface area contributed by atoms with Crippen LogP contribution in [0.4, 0.5) is 0 Å². The number of carbonyl (C=O) groups is 3. The van der Waals surface area contributed by atoms with Crippen LogP contribution in [0.5, 0.6) is 0 Å². The lowest BCUT2D eigenvalue weighted by Crippen LogP contribution is -2.75. The molecule has 9 rings (SSSR count). The Morgan fingerprint density at radius 1 is 0.893 bits per heavy atom. The average Bonchev–Trinajstić information content (AvgIpc) is 3.84. The molecule has 4 saturated heterocycles. The minimum absolute atomic E-state index is 0.128. The minimum Gasteiger partial charge on any atom is -0.462 e. The quantitative estimate of drug-likeness (QED) is 0.205. The van der Waals surface area contributed by atoms with Crippen LogP contribution in [0.15, 0.2) is 72.8 Å². The first-order valence-corrected chi connectivity index (χ1v) is 20.3. The summed E-state index contributed by atoms with van der Waals surface area (Å²) in [6, 6.07) is 17.0. The minimum atomic E-state index is -2.47. The van der Waals surface area contributed by atoms with Gasteiger partial charge in [0.25, 0.3) is 0 Å². The standard InChI is InChI=1S/C44H52O12/c1-24(2)40-21-29(22-51-37(47)27-16-10-7-11-17-27)43-32-35(40)54-44(55-40,56-43)30(46)20-14-6-5-9-15-25(3)31-26(4)34(52-38(48)28-18-12-8-13-19-28)42(50,33(31)43)39(49)41(23-45)36(32)53-41/h7-8,10-13,16-19,25-26,29-36,45-46,50H,1,5-6,9,14-15,20-23H2,2-4H3/t25-,26+,29+,30-,31+,32-,33-,34+,35-,36+,40-,41+,42-,43-,44?/m1/s1. The van der Waals surface area contributed by atoms with Crippen LogP contribution >= 0.6 is 0 Å². The van der Waals surface area contributed by atoms with E-state index in [0.717, 1.165) is 25.7 Å². The molecule has 12 heteroatoms. The SMILES string of the molecule is C=C(C)[C@]12C[C@@H](COC(=O)c3ccccc3)[C@@]34OC5(O[C@@H]1[C@@H]3[C@@H]1O[C@]1(CO)C(=O)[C@@]1(O)[C@H]4[C@H]([C@H](C)[C@@H]1OC(=O)c1ccccc1)[C@H](C)CCCCCC[C@H]5O)O2. The maximum absolute atomic E-state index is 15.5. The molecule has 2 aromatic rings. The summed E-state index contributed by atoms with van der Waals surface area (Å²) in [5.41, 5.74) is -6.13. The summed E-state index contributed by atoms with van der Waals surface area (Å²) in [5, 5.41) is 37.1. The third-order valence-electron chi connectivity index (χ3n) is 14.7. The molecule has 0 radical (unpaired) electrons.